The first-order valence-electron chi connectivity index (χ1n) is 7.80. The van der Waals surface area contributed by atoms with Gasteiger partial charge in [0.15, 0.2) is 0 Å². The van der Waals surface area contributed by atoms with Crippen molar-refractivity contribution in [3.63, 3.8) is 0 Å². The van der Waals surface area contributed by atoms with Gasteiger partial charge in [-0.05, 0) is 30.5 Å². The van der Waals surface area contributed by atoms with Crippen molar-refractivity contribution in [1.29, 1.82) is 0 Å². The van der Waals surface area contributed by atoms with Crippen molar-refractivity contribution in [2.45, 2.75) is 26.2 Å². The Morgan fingerprint density at radius 1 is 1.00 bits per heavy atom. The van der Waals surface area contributed by atoms with Gasteiger partial charge in [-0.2, -0.15) is 0 Å². The Morgan fingerprint density at radius 3 is 2.59 bits per heavy atom. The van der Waals surface area contributed by atoms with E-state index in [-0.39, 0.29) is 0 Å². The Hall–Kier alpha value is -1.80. The van der Waals surface area contributed by atoms with E-state index in [1.807, 2.05) is 0 Å². The van der Waals surface area contributed by atoms with Crippen LogP contribution in [0.4, 0.5) is 0 Å². The van der Waals surface area contributed by atoms with Gasteiger partial charge in [-0.15, -0.1) is 0 Å². The van der Waals surface area contributed by atoms with Gasteiger partial charge in [0.05, 0.1) is 5.69 Å². The van der Waals surface area contributed by atoms with Gasteiger partial charge in [-0.1, -0.05) is 77.8 Å². The molecule has 0 radical (unpaired) electrons. The lowest BCUT2D eigenvalue weighted by Gasteiger charge is -2.05. The third-order valence-corrected chi connectivity index (χ3v) is 4.59. The number of hydrogen-bond acceptors (Lipinski definition) is 0. The molecule has 0 unspecified atom stereocenters. The predicted molar refractivity (Wildman–Crippen MR) is 99.2 cm³/mol. The number of unbranched alkanes of at least 4 members (excludes halogenated alkanes) is 1. The zero-order chi connectivity index (χ0) is 15.4. The number of benzene rings is 2. The van der Waals surface area contributed by atoms with Crippen LogP contribution in [0.3, 0.4) is 0 Å². The summed E-state index contributed by atoms with van der Waals surface area (Å²) < 4.78 is 1.13. The van der Waals surface area contributed by atoms with Crippen molar-refractivity contribution in [2.24, 2.45) is 0 Å². The smallest absolute Gasteiger partial charge is 0.0511 e. The lowest BCUT2D eigenvalue weighted by atomic mass is 10.0. The molecule has 0 spiro atoms. The summed E-state index contributed by atoms with van der Waals surface area (Å²) in [5.41, 5.74) is 5.01. The van der Waals surface area contributed by atoms with Crippen molar-refractivity contribution < 1.29 is 0 Å². The Morgan fingerprint density at radius 2 is 1.77 bits per heavy atom. The summed E-state index contributed by atoms with van der Waals surface area (Å²) in [6.45, 7) is 2.21. The average molecular weight is 354 g/mol. The molecule has 112 valence electrons. The zero-order valence-electron chi connectivity index (χ0n) is 12.8. The SMILES string of the molecule is CCC/C=C/Cc1c(-c2ccccc2Br)[nH]c2ccccc12. The predicted octanol–water partition coefficient (Wildman–Crippen LogP) is 6.50. The van der Waals surface area contributed by atoms with Crippen LogP contribution in [-0.2, 0) is 6.42 Å². The topological polar surface area (TPSA) is 15.8 Å². The van der Waals surface area contributed by atoms with Gasteiger partial charge in [0.2, 0.25) is 0 Å². The van der Waals surface area contributed by atoms with E-state index in [0.29, 0.717) is 0 Å². The van der Waals surface area contributed by atoms with E-state index in [9.17, 15) is 0 Å². The Kier molecular flexibility index (Phi) is 4.79. The molecule has 3 rings (SSSR count). The summed E-state index contributed by atoms with van der Waals surface area (Å²) in [4.78, 5) is 3.60. The molecular weight excluding hydrogens is 334 g/mol. The minimum absolute atomic E-state index is 0.959. The fraction of sp³-hybridized carbons (Fsp3) is 0.200. The van der Waals surface area contributed by atoms with E-state index in [2.05, 4.69) is 88.5 Å². The van der Waals surface area contributed by atoms with Gasteiger partial charge in [0.25, 0.3) is 0 Å². The molecule has 0 saturated carbocycles. The minimum Gasteiger partial charge on any atom is -0.354 e. The molecule has 1 nitrogen and oxygen atoms in total. The standard InChI is InChI=1S/C20H20BrN/c1-2-3-4-5-11-16-15-10-7-9-14-19(15)22-20(16)17-12-6-8-13-18(17)21/h4-10,12-14,22H,2-3,11H2,1H3/b5-4+. The van der Waals surface area contributed by atoms with Crippen LogP contribution in [0.25, 0.3) is 22.2 Å². The Bertz CT molecular complexity index is 798. The average Bonchev–Trinajstić information content (AvgIpc) is 2.90. The molecule has 1 N–H and O–H groups in total. The molecule has 1 aromatic heterocycles. The highest BCUT2D eigenvalue weighted by Crippen LogP contribution is 2.34. The second kappa shape index (κ2) is 6.97. The number of hydrogen-bond donors (Lipinski definition) is 1. The van der Waals surface area contributed by atoms with Gasteiger partial charge in [-0.3, -0.25) is 0 Å². The van der Waals surface area contributed by atoms with Crippen molar-refractivity contribution in [3.05, 3.63) is 70.7 Å². The van der Waals surface area contributed by atoms with Crippen molar-refractivity contribution in [2.75, 3.05) is 0 Å². The lowest BCUT2D eigenvalue weighted by molar-refractivity contribution is 0.954. The second-order valence-corrected chi connectivity index (χ2v) is 6.32. The first kappa shape index (κ1) is 15.1. The number of nitrogens with one attached hydrogen (secondary N) is 1. The van der Waals surface area contributed by atoms with E-state index in [1.165, 1.54) is 34.1 Å². The molecule has 2 aromatic carbocycles. The van der Waals surface area contributed by atoms with Gasteiger partial charge >= 0.3 is 0 Å². The minimum atomic E-state index is 0.959. The van der Waals surface area contributed by atoms with E-state index in [1.54, 1.807) is 0 Å². The largest absolute Gasteiger partial charge is 0.354 e. The number of H-pyrrole nitrogens is 1. The van der Waals surface area contributed by atoms with Crippen LogP contribution in [0.15, 0.2) is 65.2 Å². The fourth-order valence-electron chi connectivity index (χ4n) is 2.79. The quantitative estimate of drug-likeness (QED) is 0.504. The maximum atomic E-state index is 3.68. The van der Waals surface area contributed by atoms with E-state index in [0.717, 1.165) is 17.3 Å². The number of para-hydroxylation sites is 1. The van der Waals surface area contributed by atoms with E-state index >= 15 is 0 Å². The van der Waals surface area contributed by atoms with E-state index in [4.69, 9.17) is 0 Å². The van der Waals surface area contributed by atoms with Crippen LogP contribution in [-0.4, -0.2) is 4.98 Å². The van der Waals surface area contributed by atoms with Gasteiger partial charge < -0.3 is 4.98 Å². The van der Waals surface area contributed by atoms with Gasteiger partial charge in [-0.25, -0.2) is 0 Å². The first-order chi connectivity index (χ1) is 10.8. The Balaban J connectivity index is 2.10. The summed E-state index contributed by atoms with van der Waals surface area (Å²) >= 11 is 3.68. The molecule has 0 aliphatic heterocycles. The normalized spacial score (nSPS) is 11.5. The van der Waals surface area contributed by atoms with Crippen molar-refractivity contribution in [3.8, 4) is 11.3 Å². The molecule has 0 aliphatic rings. The molecule has 1 heterocycles. The zero-order valence-corrected chi connectivity index (χ0v) is 14.4. The number of halogens is 1. The monoisotopic (exact) mass is 353 g/mol. The molecule has 0 aliphatic carbocycles. The van der Waals surface area contributed by atoms with Crippen LogP contribution >= 0.6 is 15.9 Å². The number of rotatable bonds is 5. The van der Waals surface area contributed by atoms with Crippen LogP contribution in [0.2, 0.25) is 0 Å². The molecule has 0 amide bonds. The molecular formula is C20H20BrN. The summed E-state index contributed by atoms with van der Waals surface area (Å²) in [7, 11) is 0. The lowest BCUT2D eigenvalue weighted by Crippen LogP contribution is -1.87. The van der Waals surface area contributed by atoms with Gasteiger partial charge in [0, 0.05) is 20.9 Å². The third-order valence-electron chi connectivity index (χ3n) is 3.90. The number of aromatic nitrogens is 1. The number of aromatic amines is 1. The molecule has 0 saturated heterocycles. The summed E-state index contributed by atoms with van der Waals surface area (Å²) in [6.07, 6.45) is 7.87. The Labute approximate surface area is 140 Å². The van der Waals surface area contributed by atoms with Crippen molar-refractivity contribution >= 4 is 26.8 Å². The van der Waals surface area contributed by atoms with Crippen LogP contribution in [0.1, 0.15) is 25.3 Å². The maximum absolute atomic E-state index is 3.68. The first-order valence-corrected chi connectivity index (χ1v) is 8.60. The molecule has 0 atom stereocenters. The third kappa shape index (κ3) is 3.02. The summed E-state index contributed by atoms with van der Waals surface area (Å²) in [5.74, 6) is 0. The highest BCUT2D eigenvalue weighted by Gasteiger charge is 2.13. The van der Waals surface area contributed by atoms with Crippen LogP contribution in [0, 0.1) is 0 Å². The summed E-state index contributed by atoms with van der Waals surface area (Å²) in [6, 6.07) is 16.9. The molecule has 3 aromatic rings. The summed E-state index contributed by atoms with van der Waals surface area (Å²) in [5, 5.41) is 1.31. The van der Waals surface area contributed by atoms with Crippen LogP contribution in [0.5, 0.6) is 0 Å². The highest BCUT2D eigenvalue weighted by atomic mass is 79.9. The second-order valence-electron chi connectivity index (χ2n) is 5.47. The number of fused-ring (bicyclic) bond motifs is 1. The van der Waals surface area contributed by atoms with Crippen LogP contribution < -0.4 is 0 Å². The van der Waals surface area contributed by atoms with Gasteiger partial charge in [0.1, 0.15) is 0 Å². The highest BCUT2D eigenvalue weighted by molar-refractivity contribution is 9.10. The molecule has 0 fully saturated rings. The van der Waals surface area contributed by atoms with E-state index < -0.39 is 0 Å². The maximum Gasteiger partial charge on any atom is 0.0511 e. The number of allylic oxidation sites excluding steroid dienone is 2. The fourth-order valence-corrected chi connectivity index (χ4v) is 3.27. The van der Waals surface area contributed by atoms with Crippen molar-refractivity contribution in [1.82, 2.24) is 4.98 Å². The molecule has 22 heavy (non-hydrogen) atoms. The molecule has 0 bridgehead atoms. The molecule has 2 heteroatoms.